The number of carbonyl (C=O) groups excluding carboxylic acids is 5. The number of rotatable bonds is 8. The highest BCUT2D eigenvalue weighted by atomic mass is 16.2. The minimum Gasteiger partial charge on any atom is -0.348 e. The van der Waals surface area contributed by atoms with Gasteiger partial charge in [0.25, 0.3) is 0 Å². The quantitative estimate of drug-likeness (QED) is 0.440. The van der Waals surface area contributed by atoms with Crippen LogP contribution in [0.5, 0.6) is 0 Å². The Balaban J connectivity index is 2.29. The van der Waals surface area contributed by atoms with Crippen molar-refractivity contribution in [2.75, 3.05) is 13.1 Å². The Kier molecular flexibility index (Phi) is 6.68. The predicted molar refractivity (Wildman–Crippen MR) is 76.4 cm³/mol. The number of hydrogen-bond acceptors (Lipinski definition) is 5. The van der Waals surface area contributed by atoms with E-state index >= 15 is 0 Å². The first-order valence-corrected chi connectivity index (χ1v) is 7.21. The predicted octanol–water partition coefficient (Wildman–Crippen LogP) is -1.02. The summed E-state index contributed by atoms with van der Waals surface area (Å²) in [5.74, 6) is -1.49. The summed E-state index contributed by atoms with van der Waals surface area (Å²) in [6.45, 7) is 3.32. The number of nitrogens with zero attached hydrogens (tertiary/aromatic N) is 1. The molecule has 0 aliphatic carbocycles. The van der Waals surface area contributed by atoms with E-state index in [2.05, 4.69) is 10.6 Å². The number of nitrogens with one attached hydrogen (secondary N) is 2. The van der Waals surface area contributed by atoms with Crippen molar-refractivity contribution in [3.63, 3.8) is 0 Å². The topological polar surface area (TPSA) is 113 Å². The van der Waals surface area contributed by atoms with E-state index in [-0.39, 0.29) is 49.6 Å². The van der Waals surface area contributed by atoms with Crippen LogP contribution in [0.2, 0.25) is 0 Å². The summed E-state index contributed by atoms with van der Waals surface area (Å²) in [6, 6.07) is -0.748. The van der Waals surface area contributed by atoms with Gasteiger partial charge in [-0.15, -0.1) is 0 Å². The fourth-order valence-corrected chi connectivity index (χ4v) is 2.16. The van der Waals surface area contributed by atoms with E-state index < -0.39 is 11.9 Å². The van der Waals surface area contributed by atoms with Crippen molar-refractivity contribution in [2.24, 2.45) is 5.92 Å². The highest BCUT2D eigenvalue weighted by Crippen LogP contribution is 2.18. The van der Waals surface area contributed by atoms with Crippen molar-refractivity contribution in [2.45, 2.75) is 39.2 Å². The third-order valence-corrected chi connectivity index (χ3v) is 3.39. The Hall–Kier alpha value is -2.25. The molecule has 2 atom stereocenters. The highest BCUT2D eigenvalue weighted by molar-refractivity contribution is 6.03. The standard InChI is InChI=1S/C14H21N3O5/c1-9-8-12(20)17(14(9)22)6-3-4-11(19)16-10(2)13(21)15-5-7-18/h7,9-10H,3-6,8H2,1-2H3,(H,15,21)(H,16,19). The van der Waals surface area contributed by atoms with Gasteiger partial charge in [-0.25, -0.2) is 0 Å². The summed E-state index contributed by atoms with van der Waals surface area (Å²) in [7, 11) is 0. The van der Waals surface area contributed by atoms with Crippen LogP contribution in [0.15, 0.2) is 0 Å². The van der Waals surface area contributed by atoms with Crippen LogP contribution in [0, 0.1) is 5.92 Å². The van der Waals surface area contributed by atoms with E-state index in [9.17, 15) is 24.0 Å². The Labute approximate surface area is 128 Å². The van der Waals surface area contributed by atoms with E-state index in [0.717, 1.165) is 0 Å². The molecule has 0 aromatic heterocycles. The number of aldehydes is 1. The van der Waals surface area contributed by atoms with Crippen molar-refractivity contribution in [1.82, 2.24) is 15.5 Å². The zero-order valence-electron chi connectivity index (χ0n) is 12.8. The largest absolute Gasteiger partial charge is 0.348 e. The molecular weight excluding hydrogens is 290 g/mol. The molecule has 122 valence electrons. The van der Waals surface area contributed by atoms with E-state index in [0.29, 0.717) is 12.7 Å². The summed E-state index contributed by atoms with van der Waals surface area (Å²) >= 11 is 0. The van der Waals surface area contributed by atoms with Gasteiger partial charge in [-0.05, 0) is 13.3 Å². The second kappa shape index (κ2) is 8.26. The molecule has 0 bridgehead atoms. The van der Waals surface area contributed by atoms with Gasteiger partial charge in [-0.3, -0.25) is 24.1 Å². The molecule has 0 radical (unpaired) electrons. The normalized spacial score (nSPS) is 19.0. The maximum atomic E-state index is 11.7. The van der Waals surface area contributed by atoms with Crippen LogP contribution in [-0.2, 0) is 24.0 Å². The molecule has 2 unspecified atom stereocenters. The molecule has 4 amide bonds. The van der Waals surface area contributed by atoms with Gasteiger partial charge in [-0.1, -0.05) is 6.92 Å². The molecule has 0 saturated carbocycles. The summed E-state index contributed by atoms with van der Waals surface area (Å²) in [5, 5.41) is 4.83. The number of imide groups is 1. The molecule has 8 heteroatoms. The van der Waals surface area contributed by atoms with Gasteiger partial charge in [0.2, 0.25) is 23.6 Å². The van der Waals surface area contributed by atoms with Crippen LogP contribution >= 0.6 is 0 Å². The van der Waals surface area contributed by atoms with Crippen LogP contribution in [0.25, 0.3) is 0 Å². The van der Waals surface area contributed by atoms with Crippen molar-refractivity contribution >= 4 is 29.9 Å². The molecule has 0 aromatic carbocycles. The van der Waals surface area contributed by atoms with Gasteiger partial charge in [0.05, 0.1) is 6.54 Å². The third kappa shape index (κ3) is 4.94. The van der Waals surface area contributed by atoms with Crippen molar-refractivity contribution in [3.8, 4) is 0 Å². The Morgan fingerprint density at radius 3 is 2.64 bits per heavy atom. The van der Waals surface area contributed by atoms with Crippen LogP contribution in [0.4, 0.5) is 0 Å². The molecule has 1 saturated heterocycles. The fourth-order valence-electron chi connectivity index (χ4n) is 2.16. The van der Waals surface area contributed by atoms with E-state index in [1.165, 1.54) is 11.8 Å². The molecule has 2 N–H and O–H groups in total. The van der Waals surface area contributed by atoms with E-state index in [1.807, 2.05) is 0 Å². The van der Waals surface area contributed by atoms with Crippen LogP contribution < -0.4 is 10.6 Å². The number of likely N-dealkylation sites (tertiary alicyclic amines) is 1. The SMILES string of the molecule is CC1CC(=O)N(CCCC(=O)NC(C)C(=O)NCC=O)C1=O. The summed E-state index contributed by atoms with van der Waals surface area (Å²) in [4.78, 5) is 57.7. The second-order valence-corrected chi connectivity index (χ2v) is 5.29. The molecule has 0 aromatic rings. The van der Waals surface area contributed by atoms with Crippen molar-refractivity contribution in [1.29, 1.82) is 0 Å². The number of amides is 4. The van der Waals surface area contributed by atoms with Crippen molar-refractivity contribution in [3.05, 3.63) is 0 Å². The lowest BCUT2D eigenvalue weighted by Gasteiger charge is -2.15. The first-order valence-electron chi connectivity index (χ1n) is 7.21. The Morgan fingerprint density at radius 2 is 2.09 bits per heavy atom. The molecule has 1 aliphatic heterocycles. The second-order valence-electron chi connectivity index (χ2n) is 5.29. The number of hydrogen-bond donors (Lipinski definition) is 2. The molecule has 1 rings (SSSR count). The first-order chi connectivity index (χ1) is 10.4. The molecule has 22 heavy (non-hydrogen) atoms. The van der Waals surface area contributed by atoms with Crippen LogP contribution in [-0.4, -0.2) is 53.9 Å². The van der Waals surface area contributed by atoms with Gasteiger partial charge in [-0.2, -0.15) is 0 Å². The Bertz CT molecular complexity index is 477. The molecule has 8 nitrogen and oxygen atoms in total. The Morgan fingerprint density at radius 1 is 1.41 bits per heavy atom. The van der Waals surface area contributed by atoms with Gasteiger partial charge < -0.3 is 15.4 Å². The average molecular weight is 311 g/mol. The highest BCUT2D eigenvalue weighted by Gasteiger charge is 2.34. The molecule has 1 fully saturated rings. The third-order valence-electron chi connectivity index (χ3n) is 3.39. The lowest BCUT2D eigenvalue weighted by molar-refractivity contribution is -0.139. The maximum absolute atomic E-state index is 11.7. The van der Waals surface area contributed by atoms with Gasteiger partial charge >= 0.3 is 0 Å². The molecule has 0 spiro atoms. The lowest BCUT2D eigenvalue weighted by atomic mass is 10.1. The molecule has 1 heterocycles. The zero-order valence-corrected chi connectivity index (χ0v) is 12.8. The smallest absolute Gasteiger partial charge is 0.242 e. The van der Waals surface area contributed by atoms with Crippen molar-refractivity contribution < 1.29 is 24.0 Å². The zero-order chi connectivity index (χ0) is 16.7. The summed E-state index contributed by atoms with van der Waals surface area (Å²) in [6.07, 6.45) is 1.23. The average Bonchev–Trinajstić information content (AvgIpc) is 2.70. The summed E-state index contributed by atoms with van der Waals surface area (Å²) in [5.41, 5.74) is 0. The minimum atomic E-state index is -0.748. The van der Waals surface area contributed by atoms with Gasteiger partial charge in [0, 0.05) is 25.3 Å². The van der Waals surface area contributed by atoms with Gasteiger partial charge in [0.15, 0.2) is 0 Å². The van der Waals surface area contributed by atoms with E-state index in [1.54, 1.807) is 6.92 Å². The molecular formula is C14H21N3O5. The summed E-state index contributed by atoms with van der Waals surface area (Å²) < 4.78 is 0. The van der Waals surface area contributed by atoms with Gasteiger partial charge in [0.1, 0.15) is 12.3 Å². The van der Waals surface area contributed by atoms with Crippen LogP contribution in [0.1, 0.15) is 33.1 Å². The number of carbonyl (C=O) groups is 5. The fraction of sp³-hybridized carbons (Fsp3) is 0.643. The van der Waals surface area contributed by atoms with Crippen LogP contribution in [0.3, 0.4) is 0 Å². The van der Waals surface area contributed by atoms with E-state index in [4.69, 9.17) is 0 Å². The maximum Gasteiger partial charge on any atom is 0.242 e. The lowest BCUT2D eigenvalue weighted by Crippen LogP contribution is -2.45. The molecule has 1 aliphatic rings. The first kappa shape index (κ1) is 17.8. The monoisotopic (exact) mass is 311 g/mol. The minimum absolute atomic E-state index is 0.101.